The van der Waals surface area contributed by atoms with Gasteiger partial charge in [-0.1, -0.05) is 30.3 Å². The molecule has 5 heteroatoms. The van der Waals surface area contributed by atoms with Crippen LogP contribution in [0.5, 0.6) is 0 Å². The summed E-state index contributed by atoms with van der Waals surface area (Å²) in [5.41, 5.74) is 4.69. The van der Waals surface area contributed by atoms with Crippen LogP contribution in [0.1, 0.15) is 22.5 Å². The van der Waals surface area contributed by atoms with Crippen LogP contribution in [0.2, 0.25) is 0 Å². The predicted molar refractivity (Wildman–Crippen MR) is 86.2 cm³/mol. The molecule has 0 spiro atoms. The minimum Gasteiger partial charge on any atom is -0.352 e. The lowest BCUT2D eigenvalue weighted by Crippen LogP contribution is -2.36. The van der Waals surface area contributed by atoms with E-state index >= 15 is 0 Å². The Morgan fingerprint density at radius 2 is 1.81 bits per heavy atom. The summed E-state index contributed by atoms with van der Waals surface area (Å²) in [6, 6.07) is 10.3. The van der Waals surface area contributed by atoms with Crippen LogP contribution >= 0.6 is 0 Å². The van der Waals surface area contributed by atoms with Gasteiger partial charge in [0.05, 0.1) is 5.69 Å². The molecule has 2 aromatic rings. The van der Waals surface area contributed by atoms with Gasteiger partial charge in [-0.05, 0) is 19.4 Å². The number of aryl methyl sites for hydroxylation is 2. The van der Waals surface area contributed by atoms with E-state index in [-0.39, 0.29) is 0 Å². The van der Waals surface area contributed by atoms with Gasteiger partial charge in [0, 0.05) is 38.4 Å². The molecule has 2 rings (SSSR count). The molecule has 5 nitrogen and oxygen atoms in total. The van der Waals surface area contributed by atoms with Gasteiger partial charge in [0.2, 0.25) is 0 Å². The normalized spacial score (nSPS) is 11.5. The fourth-order valence-electron chi connectivity index (χ4n) is 2.25. The number of rotatable bonds is 4. The van der Waals surface area contributed by atoms with Gasteiger partial charge < -0.3 is 10.6 Å². The molecule has 0 atom stereocenters. The van der Waals surface area contributed by atoms with Crippen LogP contribution in [-0.4, -0.2) is 22.8 Å². The number of nitrogens with zero attached hydrogens (tertiary/aromatic N) is 3. The topological polar surface area (TPSA) is 54.2 Å². The molecule has 0 bridgehead atoms. The molecule has 0 aliphatic carbocycles. The SMILES string of the molecule is CN=C(NCc1ccccc1)NCc1c(C)nn(C)c1C. The number of nitrogens with one attached hydrogen (secondary N) is 2. The average Bonchev–Trinajstić information content (AvgIpc) is 2.74. The van der Waals surface area contributed by atoms with E-state index < -0.39 is 0 Å². The van der Waals surface area contributed by atoms with Crippen molar-refractivity contribution in [2.24, 2.45) is 12.0 Å². The first-order valence-corrected chi connectivity index (χ1v) is 7.09. The number of benzene rings is 1. The van der Waals surface area contributed by atoms with E-state index in [0.717, 1.165) is 24.7 Å². The van der Waals surface area contributed by atoms with Gasteiger partial charge in [-0.25, -0.2) is 0 Å². The van der Waals surface area contributed by atoms with E-state index in [0.29, 0.717) is 0 Å². The standard InChI is InChI=1S/C16H23N5/c1-12-15(13(2)21(4)20-12)11-19-16(17-3)18-10-14-8-6-5-7-9-14/h5-9H,10-11H2,1-4H3,(H2,17,18,19). The first kappa shape index (κ1) is 15.1. The first-order chi connectivity index (χ1) is 10.1. The number of aromatic nitrogens is 2. The van der Waals surface area contributed by atoms with Crippen molar-refractivity contribution in [2.75, 3.05) is 7.05 Å². The minimum absolute atomic E-state index is 0.722. The Hall–Kier alpha value is -2.30. The summed E-state index contributed by atoms with van der Waals surface area (Å²) in [6.07, 6.45) is 0. The Labute approximate surface area is 126 Å². The average molecular weight is 285 g/mol. The summed E-state index contributed by atoms with van der Waals surface area (Å²) in [7, 11) is 3.75. The van der Waals surface area contributed by atoms with Crippen LogP contribution < -0.4 is 10.6 Å². The third-order valence-corrected chi connectivity index (χ3v) is 3.62. The van der Waals surface area contributed by atoms with Crippen molar-refractivity contribution < 1.29 is 0 Å². The molecule has 2 N–H and O–H groups in total. The zero-order chi connectivity index (χ0) is 15.2. The molecule has 0 radical (unpaired) electrons. The number of aliphatic imine (C=N–C) groups is 1. The summed E-state index contributed by atoms with van der Waals surface area (Å²) in [5.74, 6) is 0.793. The molecule has 112 valence electrons. The third-order valence-electron chi connectivity index (χ3n) is 3.62. The smallest absolute Gasteiger partial charge is 0.191 e. The number of hydrogen-bond acceptors (Lipinski definition) is 2. The van der Waals surface area contributed by atoms with Crippen molar-refractivity contribution >= 4 is 5.96 Å². The van der Waals surface area contributed by atoms with Gasteiger partial charge in [0.1, 0.15) is 0 Å². The fourth-order valence-corrected chi connectivity index (χ4v) is 2.25. The molecule has 21 heavy (non-hydrogen) atoms. The Bertz CT molecular complexity index is 613. The highest BCUT2D eigenvalue weighted by atomic mass is 15.3. The number of hydrogen-bond donors (Lipinski definition) is 2. The summed E-state index contributed by atoms with van der Waals surface area (Å²) >= 11 is 0. The second kappa shape index (κ2) is 6.92. The fraction of sp³-hybridized carbons (Fsp3) is 0.375. The van der Waals surface area contributed by atoms with E-state index in [9.17, 15) is 0 Å². The van der Waals surface area contributed by atoms with Crippen LogP contribution in [0.3, 0.4) is 0 Å². The summed E-state index contributed by atoms with van der Waals surface area (Å²) in [5, 5.41) is 11.1. The third kappa shape index (κ3) is 3.84. The van der Waals surface area contributed by atoms with Gasteiger partial charge >= 0.3 is 0 Å². The molecular weight excluding hydrogens is 262 g/mol. The molecule has 0 aliphatic heterocycles. The van der Waals surface area contributed by atoms with Crippen LogP contribution in [-0.2, 0) is 20.1 Å². The summed E-state index contributed by atoms with van der Waals surface area (Å²) in [4.78, 5) is 4.25. The predicted octanol–water partition coefficient (Wildman–Crippen LogP) is 1.90. The maximum Gasteiger partial charge on any atom is 0.191 e. The highest BCUT2D eigenvalue weighted by Crippen LogP contribution is 2.11. The summed E-state index contributed by atoms with van der Waals surface area (Å²) < 4.78 is 1.91. The van der Waals surface area contributed by atoms with Crippen molar-refractivity contribution in [1.82, 2.24) is 20.4 Å². The quantitative estimate of drug-likeness (QED) is 0.666. The molecule has 0 unspecified atom stereocenters. The second-order valence-electron chi connectivity index (χ2n) is 5.04. The Kier molecular flexibility index (Phi) is 4.98. The zero-order valence-corrected chi connectivity index (χ0v) is 13.1. The van der Waals surface area contributed by atoms with Crippen molar-refractivity contribution in [3.63, 3.8) is 0 Å². The van der Waals surface area contributed by atoms with Crippen LogP contribution in [0.15, 0.2) is 35.3 Å². The molecule has 1 aromatic carbocycles. The molecular formula is C16H23N5. The highest BCUT2D eigenvalue weighted by molar-refractivity contribution is 5.79. The van der Waals surface area contributed by atoms with E-state index in [4.69, 9.17) is 0 Å². The van der Waals surface area contributed by atoms with Gasteiger partial charge in [0.25, 0.3) is 0 Å². The Morgan fingerprint density at radius 3 is 2.38 bits per heavy atom. The van der Waals surface area contributed by atoms with E-state index in [2.05, 4.69) is 39.8 Å². The second-order valence-corrected chi connectivity index (χ2v) is 5.04. The van der Waals surface area contributed by atoms with Crippen LogP contribution in [0.25, 0.3) is 0 Å². The van der Waals surface area contributed by atoms with Crippen molar-refractivity contribution in [3.05, 3.63) is 52.8 Å². The number of guanidine groups is 1. The summed E-state index contributed by atoms with van der Waals surface area (Å²) in [6.45, 7) is 5.59. The molecule has 0 saturated carbocycles. The lowest BCUT2D eigenvalue weighted by atomic mass is 10.2. The van der Waals surface area contributed by atoms with Gasteiger partial charge in [-0.2, -0.15) is 5.10 Å². The highest BCUT2D eigenvalue weighted by Gasteiger charge is 2.09. The van der Waals surface area contributed by atoms with Crippen LogP contribution in [0.4, 0.5) is 0 Å². The monoisotopic (exact) mass is 285 g/mol. The van der Waals surface area contributed by atoms with Gasteiger partial charge in [-0.15, -0.1) is 0 Å². The Balaban J connectivity index is 1.91. The maximum atomic E-state index is 4.42. The van der Waals surface area contributed by atoms with Crippen LogP contribution in [0, 0.1) is 13.8 Å². The zero-order valence-electron chi connectivity index (χ0n) is 13.1. The molecule has 0 amide bonds. The molecule has 0 fully saturated rings. The van der Waals surface area contributed by atoms with E-state index in [1.807, 2.05) is 36.9 Å². The molecule has 1 aromatic heterocycles. The van der Waals surface area contributed by atoms with E-state index in [1.165, 1.54) is 16.8 Å². The molecule has 0 aliphatic rings. The first-order valence-electron chi connectivity index (χ1n) is 7.09. The van der Waals surface area contributed by atoms with Gasteiger partial charge in [-0.3, -0.25) is 9.67 Å². The molecule has 0 saturated heterocycles. The van der Waals surface area contributed by atoms with Crippen molar-refractivity contribution in [2.45, 2.75) is 26.9 Å². The minimum atomic E-state index is 0.722. The van der Waals surface area contributed by atoms with E-state index in [1.54, 1.807) is 7.05 Å². The maximum absolute atomic E-state index is 4.42. The lowest BCUT2D eigenvalue weighted by Gasteiger charge is -2.12. The van der Waals surface area contributed by atoms with Crippen molar-refractivity contribution in [3.8, 4) is 0 Å². The van der Waals surface area contributed by atoms with Gasteiger partial charge in [0.15, 0.2) is 5.96 Å². The largest absolute Gasteiger partial charge is 0.352 e. The Morgan fingerprint density at radius 1 is 1.14 bits per heavy atom. The lowest BCUT2D eigenvalue weighted by molar-refractivity contribution is 0.728. The van der Waals surface area contributed by atoms with Crippen molar-refractivity contribution in [1.29, 1.82) is 0 Å². The molecule has 1 heterocycles.